The van der Waals surface area contributed by atoms with Gasteiger partial charge in [-0.05, 0) is 37.5 Å². The Morgan fingerprint density at radius 2 is 1.83 bits per heavy atom. The first-order valence-corrected chi connectivity index (χ1v) is 11.1. The highest BCUT2D eigenvalue weighted by molar-refractivity contribution is 7.99. The van der Waals surface area contributed by atoms with Gasteiger partial charge >= 0.3 is 0 Å². The van der Waals surface area contributed by atoms with Crippen molar-refractivity contribution < 1.29 is 4.52 Å². The molecule has 2 heterocycles. The maximum Gasteiger partial charge on any atom is 0.262 e. The van der Waals surface area contributed by atoms with Crippen LogP contribution in [0.5, 0.6) is 0 Å². The number of hydrogen-bond donors (Lipinski definition) is 0. The summed E-state index contributed by atoms with van der Waals surface area (Å²) in [5.41, 5.74) is 1.96. The molecule has 4 aromatic rings. The van der Waals surface area contributed by atoms with Crippen LogP contribution in [-0.4, -0.2) is 19.7 Å². The number of benzene rings is 2. The largest absolute Gasteiger partial charge is 0.338 e. The number of thioether (sulfide) groups is 1. The molecule has 0 fully saturated rings. The second kappa shape index (κ2) is 9.26. The molecule has 0 radical (unpaired) electrons. The van der Waals surface area contributed by atoms with Crippen LogP contribution in [0.2, 0.25) is 0 Å². The Balaban J connectivity index is 1.62. The van der Waals surface area contributed by atoms with E-state index in [1.54, 1.807) is 4.57 Å². The van der Waals surface area contributed by atoms with Crippen molar-refractivity contribution >= 4 is 22.7 Å². The Hall–Kier alpha value is -2.93. The molecular formula is C23H24N4O2S. The summed E-state index contributed by atoms with van der Waals surface area (Å²) in [4.78, 5) is 22.4. The van der Waals surface area contributed by atoms with Crippen LogP contribution >= 0.6 is 11.8 Å². The number of nitrogens with zero attached hydrogens (tertiary/aromatic N) is 4. The lowest BCUT2D eigenvalue weighted by atomic mass is 10.1. The van der Waals surface area contributed by atoms with Crippen molar-refractivity contribution in [2.45, 2.75) is 50.1 Å². The molecule has 30 heavy (non-hydrogen) atoms. The normalized spacial score (nSPS) is 12.3. The van der Waals surface area contributed by atoms with Gasteiger partial charge in [0, 0.05) is 13.0 Å². The van der Waals surface area contributed by atoms with Crippen molar-refractivity contribution in [2.24, 2.45) is 0 Å². The molecule has 2 aromatic carbocycles. The summed E-state index contributed by atoms with van der Waals surface area (Å²) in [6.45, 7) is 4.58. The molecular weight excluding hydrogens is 396 g/mol. The number of aromatic nitrogens is 4. The minimum absolute atomic E-state index is 0.0110. The monoisotopic (exact) mass is 420 g/mol. The third-order valence-electron chi connectivity index (χ3n) is 4.95. The minimum Gasteiger partial charge on any atom is -0.338 e. The van der Waals surface area contributed by atoms with Crippen molar-refractivity contribution in [2.75, 3.05) is 0 Å². The van der Waals surface area contributed by atoms with E-state index in [2.05, 4.69) is 22.3 Å². The fourth-order valence-electron chi connectivity index (χ4n) is 3.31. The molecule has 0 bridgehead atoms. The van der Waals surface area contributed by atoms with Gasteiger partial charge in [0.2, 0.25) is 5.89 Å². The Morgan fingerprint density at radius 1 is 1.07 bits per heavy atom. The second-order valence-corrected chi connectivity index (χ2v) is 8.43. The summed E-state index contributed by atoms with van der Waals surface area (Å²) in [7, 11) is 0. The first-order valence-electron chi connectivity index (χ1n) is 10.2. The molecule has 2 aromatic heterocycles. The van der Waals surface area contributed by atoms with E-state index in [0.29, 0.717) is 34.3 Å². The van der Waals surface area contributed by atoms with E-state index < -0.39 is 0 Å². The van der Waals surface area contributed by atoms with E-state index in [9.17, 15) is 4.79 Å². The summed E-state index contributed by atoms with van der Waals surface area (Å²) in [6, 6.07) is 17.8. The fourth-order valence-corrected chi connectivity index (χ4v) is 4.27. The summed E-state index contributed by atoms with van der Waals surface area (Å²) >= 11 is 1.48. The Morgan fingerprint density at radius 3 is 2.60 bits per heavy atom. The maximum absolute atomic E-state index is 13.2. The number of rotatable bonds is 8. The summed E-state index contributed by atoms with van der Waals surface area (Å²) < 4.78 is 7.17. The van der Waals surface area contributed by atoms with Gasteiger partial charge in [0.05, 0.1) is 16.2 Å². The molecule has 154 valence electrons. The Bertz CT molecular complexity index is 1190. The first kappa shape index (κ1) is 20.3. The minimum atomic E-state index is -0.105. The average Bonchev–Trinajstić information content (AvgIpc) is 3.26. The highest BCUT2D eigenvalue weighted by atomic mass is 32.2. The maximum atomic E-state index is 13.2. The molecule has 0 aliphatic rings. The van der Waals surface area contributed by atoms with Gasteiger partial charge in [-0.15, -0.1) is 0 Å². The van der Waals surface area contributed by atoms with Crippen molar-refractivity contribution in [3.05, 3.63) is 82.2 Å². The van der Waals surface area contributed by atoms with E-state index in [-0.39, 0.29) is 10.8 Å². The topological polar surface area (TPSA) is 73.8 Å². The molecule has 1 unspecified atom stereocenters. The molecule has 4 rings (SSSR count). The third-order valence-corrected chi connectivity index (χ3v) is 6.02. The van der Waals surface area contributed by atoms with Crippen LogP contribution in [0.3, 0.4) is 0 Å². The Labute approximate surface area is 179 Å². The van der Waals surface area contributed by atoms with Gasteiger partial charge in [-0.3, -0.25) is 9.36 Å². The van der Waals surface area contributed by atoms with Gasteiger partial charge < -0.3 is 4.52 Å². The first-order chi connectivity index (χ1) is 14.7. The van der Waals surface area contributed by atoms with Gasteiger partial charge in [-0.25, -0.2) is 4.98 Å². The third kappa shape index (κ3) is 4.46. The lowest BCUT2D eigenvalue weighted by Crippen LogP contribution is -2.24. The summed E-state index contributed by atoms with van der Waals surface area (Å²) in [6.07, 6.45) is 2.48. The molecule has 6 nitrogen and oxygen atoms in total. The van der Waals surface area contributed by atoms with Crippen molar-refractivity contribution in [3.8, 4) is 0 Å². The van der Waals surface area contributed by atoms with Crippen molar-refractivity contribution in [1.82, 2.24) is 19.7 Å². The standard InChI is InChI=1S/C23H24N4O2S/c1-3-20-25-21(29-26-20)16(2)30-23-24-19-14-8-7-13-18(19)22(28)27(23)15-9-12-17-10-5-4-6-11-17/h4-8,10-11,13-14,16H,3,9,12,15H2,1-2H3. The van der Waals surface area contributed by atoms with Gasteiger partial charge in [-0.1, -0.05) is 66.3 Å². The Kier molecular flexibility index (Phi) is 6.28. The molecule has 0 saturated heterocycles. The SMILES string of the molecule is CCc1noc(C(C)Sc2nc3ccccc3c(=O)n2CCCc2ccccc2)n1. The van der Waals surface area contributed by atoms with Gasteiger partial charge in [0.15, 0.2) is 11.0 Å². The highest BCUT2D eigenvalue weighted by Crippen LogP contribution is 2.33. The van der Waals surface area contributed by atoms with E-state index in [0.717, 1.165) is 19.3 Å². The molecule has 0 aliphatic carbocycles. The van der Waals surface area contributed by atoms with Gasteiger partial charge in [-0.2, -0.15) is 4.98 Å². The van der Waals surface area contributed by atoms with Crippen LogP contribution in [0.25, 0.3) is 10.9 Å². The van der Waals surface area contributed by atoms with Crippen LogP contribution in [0.15, 0.2) is 69.1 Å². The van der Waals surface area contributed by atoms with Crippen LogP contribution in [0.4, 0.5) is 0 Å². The smallest absolute Gasteiger partial charge is 0.262 e. The fraction of sp³-hybridized carbons (Fsp3) is 0.304. The quantitative estimate of drug-likeness (QED) is 0.300. The average molecular weight is 421 g/mol. The second-order valence-electron chi connectivity index (χ2n) is 7.12. The highest BCUT2D eigenvalue weighted by Gasteiger charge is 2.19. The van der Waals surface area contributed by atoms with E-state index >= 15 is 0 Å². The van der Waals surface area contributed by atoms with Crippen LogP contribution in [0.1, 0.15) is 42.8 Å². The van der Waals surface area contributed by atoms with E-state index in [1.165, 1.54) is 17.3 Å². The zero-order valence-corrected chi connectivity index (χ0v) is 17.9. The van der Waals surface area contributed by atoms with Gasteiger partial charge in [0.25, 0.3) is 5.56 Å². The van der Waals surface area contributed by atoms with Crippen LogP contribution < -0.4 is 5.56 Å². The molecule has 0 N–H and O–H groups in total. The predicted octanol–water partition coefficient (Wildman–Crippen LogP) is 4.83. The zero-order valence-electron chi connectivity index (χ0n) is 17.1. The number of aryl methyl sites for hydroxylation is 2. The van der Waals surface area contributed by atoms with Crippen LogP contribution in [0, 0.1) is 0 Å². The van der Waals surface area contributed by atoms with Crippen molar-refractivity contribution in [3.63, 3.8) is 0 Å². The molecule has 7 heteroatoms. The van der Waals surface area contributed by atoms with E-state index in [1.807, 2.05) is 56.3 Å². The number of para-hydroxylation sites is 1. The molecule has 0 spiro atoms. The summed E-state index contributed by atoms with van der Waals surface area (Å²) in [5, 5.41) is 5.19. The number of fused-ring (bicyclic) bond motifs is 1. The van der Waals surface area contributed by atoms with Crippen molar-refractivity contribution in [1.29, 1.82) is 0 Å². The lowest BCUT2D eigenvalue weighted by molar-refractivity contribution is 0.375. The zero-order chi connectivity index (χ0) is 20.9. The van der Waals surface area contributed by atoms with Gasteiger partial charge in [0.1, 0.15) is 0 Å². The molecule has 0 amide bonds. The van der Waals surface area contributed by atoms with E-state index in [4.69, 9.17) is 9.51 Å². The molecule has 0 aliphatic heterocycles. The molecule has 0 saturated carbocycles. The summed E-state index contributed by atoms with van der Waals surface area (Å²) in [5.74, 6) is 1.24. The number of hydrogen-bond acceptors (Lipinski definition) is 6. The molecule has 1 atom stereocenters. The van der Waals surface area contributed by atoms with Crippen LogP contribution in [-0.2, 0) is 19.4 Å². The predicted molar refractivity (Wildman–Crippen MR) is 119 cm³/mol. The lowest BCUT2D eigenvalue weighted by Gasteiger charge is -2.15.